The zero-order chi connectivity index (χ0) is 16.0. The van der Waals surface area contributed by atoms with Gasteiger partial charge in [0.25, 0.3) is 0 Å². The zero-order valence-electron chi connectivity index (χ0n) is 13.4. The van der Waals surface area contributed by atoms with Gasteiger partial charge in [-0.2, -0.15) is 0 Å². The van der Waals surface area contributed by atoms with Crippen molar-refractivity contribution in [3.8, 4) is 17.1 Å². The van der Waals surface area contributed by atoms with Crippen LogP contribution in [0.4, 0.5) is 0 Å². The van der Waals surface area contributed by atoms with Crippen LogP contribution in [-0.4, -0.2) is 14.5 Å². The normalized spacial score (nSPS) is 11.3. The fourth-order valence-corrected chi connectivity index (χ4v) is 3.96. The van der Waals surface area contributed by atoms with Gasteiger partial charge in [0.1, 0.15) is 5.82 Å². The number of aryl methyl sites for hydroxylation is 3. The molecule has 0 spiro atoms. The molecule has 4 rings (SSSR count). The molecule has 0 fully saturated rings. The molecule has 0 saturated heterocycles. The third-order valence-corrected chi connectivity index (χ3v) is 5.02. The quantitative estimate of drug-likeness (QED) is 0.516. The van der Waals surface area contributed by atoms with Gasteiger partial charge in [0.15, 0.2) is 0 Å². The van der Waals surface area contributed by atoms with Crippen molar-refractivity contribution < 1.29 is 0 Å². The van der Waals surface area contributed by atoms with Gasteiger partial charge in [0, 0.05) is 18.0 Å². The first kappa shape index (κ1) is 14.2. The molecule has 2 aromatic heterocycles. The van der Waals surface area contributed by atoms with Crippen molar-refractivity contribution in [2.24, 2.45) is 0 Å². The van der Waals surface area contributed by atoms with Gasteiger partial charge in [-0.1, -0.05) is 24.3 Å². The highest BCUT2D eigenvalue weighted by Crippen LogP contribution is 2.32. The molecule has 0 saturated carbocycles. The van der Waals surface area contributed by atoms with Crippen LogP contribution in [0.1, 0.15) is 16.1 Å². The molecule has 4 heteroatoms. The number of hydrogen-bond acceptors (Lipinski definition) is 3. The Kier molecular flexibility index (Phi) is 3.27. The van der Waals surface area contributed by atoms with Crippen LogP contribution in [0.15, 0.2) is 48.8 Å². The summed E-state index contributed by atoms with van der Waals surface area (Å²) in [6, 6.07) is 12.7. The Labute approximate surface area is 139 Å². The average molecular weight is 319 g/mol. The molecule has 23 heavy (non-hydrogen) atoms. The molecule has 2 heterocycles. The maximum absolute atomic E-state index is 4.71. The van der Waals surface area contributed by atoms with E-state index >= 15 is 0 Å². The highest BCUT2D eigenvalue weighted by Gasteiger charge is 2.15. The molecular formula is C19H17N3S. The van der Waals surface area contributed by atoms with Gasteiger partial charge in [-0.15, -0.1) is 11.3 Å². The second-order valence-corrected chi connectivity index (χ2v) is 6.98. The molecular weight excluding hydrogens is 302 g/mol. The molecule has 0 bridgehead atoms. The van der Waals surface area contributed by atoms with Crippen LogP contribution in [0, 0.1) is 20.8 Å². The lowest BCUT2D eigenvalue weighted by molar-refractivity contribution is 1.03. The average Bonchev–Trinajstić information content (AvgIpc) is 3.12. The van der Waals surface area contributed by atoms with E-state index in [2.05, 4.69) is 59.8 Å². The van der Waals surface area contributed by atoms with Crippen molar-refractivity contribution in [2.75, 3.05) is 0 Å². The lowest BCUT2D eigenvalue weighted by atomic mass is 10.1. The third-order valence-electron chi connectivity index (χ3n) is 4.09. The van der Waals surface area contributed by atoms with E-state index < -0.39 is 0 Å². The lowest BCUT2D eigenvalue weighted by Crippen LogP contribution is -2.01. The molecule has 2 aromatic carbocycles. The van der Waals surface area contributed by atoms with E-state index in [1.807, 2.05) is 19.3 Å². The first-order valence-electron chi connectivity index (χ1n) is 7.61. The topological polar surface area (TPSA) is 30.7 Å². The van der Waals surface area contributed by atoms with Crippen molar-refractivity contribution in [2.45, 2.75) is 20.8 Å². The summed E-state index contributed by atoms with van der Waals surface area (Å²) < 4.78 is 3.38. The molecule has 0 radical (unpaired) electrons. The van der Waals surface area contributed by atoms with Gasteiger partial charge in [0.2, 0.25) is 0 Å². The van der Waals surface area contributed by atoms with Crippen LogP contribution >= 0.6 is 11.3 Å². The summed E-state index contributed by atoms with van der Waals surface area (Å²) >= 11 is 1.72. The number of imidazole rings is 1. The maximum Gasteiger partial charge on any atom is 0.146 e. The highest BCUT2D eigenvalue weighted by molar-refractivity contribution is 7.18. The van der Waals surface area contributed by atoms with Crippen LogP contribution < -0.4 is 0 Å². The second kappa shape index (κ2) is 5.32. The Balaban J connectivity index is 2.00. The summed E-state index contributed by atoms with van der Waals surface area (Å²) in [5.74, 6) is 0.943. The van der Waals surface area contributed by atoms with Crippen molar-refractivity contribution in [1.29, 1.82) is 0 Å². The summed E-state index contributed by atoms with van der Waals surface area (Å²) in [5, 5.41) is 1.08. The fraction of sp³-hybridized carbons (Fsp3) is 0.158. The number of fused-ring (bicyclic) bond motifs is 1. The Morgan fingerprint density at radius 2 is 1.70 bits per heavy atom. The van der Waals surface area contributed by atoms with Crippen LogP contribution in [0.25, 0.3) is 27.3 Å². The monoisotopic (exact) mass is 319 g/mol. The van der Waals surface area contributed by atoms with Crippen molar-refractivity contribution in [3.05, 3.63) is 64.9 Å². The highest BCUT2D eigenvalue weighted by atomic mass is 32.1. The fourth-order valence-electron chi connectivity index (χ4n) is 3.11. The van der Waals surface area contributed by atoms with Crippen LogP contribution in [0.5, 0.6) is 0 Å². The number of rotatable bonds is 2. The largest absolute Gasteiger partial charge is 0.299 e. The molecule has 0 aliphatic heterocycles. The van der Waals surface area contributed by atoms with E-state index in [-0.39, 0.29) is 0 Å². The molecule has 3 nitrogen and oxygen atoms in total. The Morgan fingerprint density at radius 1 is 0.957 bits per heavy atom. The van der Waals surface area contributed by atoms with E-state index in [4.69, 9.17) is 4.98 Å². The van der Waals surface area contributed by atoms with E-state index in [0.29, 0.717) is 0 Å². The Hall–Kier alpha value is -2.46. The molecule has 114 valence electrons. The van der Waals surface area contributed by atoms with Crippen molar-refractivity contribution in [3.63, 3.8) is 0 Å². The number of para-hydroxylation sites is 2. The summed E-state index contributed by atoms with van der Waals surface area (Å²) in [4.78, 5) is 9.35. The van der Waals surface area contributed by atoms with Crippen LogP contribution in [0.3, 0.4) is 0 Å². The Bertz CT molecular complexity index is 990. The summed E-state index contributed by atoms with van der Waals surface area (Å²) in [6.45, 7) is 6.33. The van der Waals surface area contributed by atoms with Gasteiger partial charge in [0.05, 0.1) is 20.9 Å². The molecule has 0 unspecified atom stereocenters. The summed E-state index contributed by atoms with van der Waals surface area (Å²) in [7, 11) is 0. The standard InChI is InChI=1S/C19H17N3S/c1-12-6-4-7-13(2)18(12)22-11-10-20-19(22)15-8-5-9-16-17(15)21-14(3)23-16/h4-11H,1-3H3. The van der Waals surface area contributed by atoms with E-state index in [1.54, 1.807) is 11.3 Å². The minimum atomic E-state index is 0.943. The second-order valence-electron chi connectivity index (χ2n) is 5.75. The number of aromatic nitrogens is 3. The lowest BCUT2D eigenvalue weighted by Gasteiger charge is -2.14. The molecule has 0 N–H and O–H groups in total. The molecule has 0 aliphatic rings. The van der Waals surface area contributed by atoms with Gasteiger partial charge in [-0.3, -0.25) is 4.57 Å². The third kappa shape index (κ3) is 2.26. The van der Waals surface area contributed by atoms with Crippen LogP contribution in [0.2, 0.25) is 0 Å². The minimum Gasteiger partial charge on any atom is -0.299 e. The van der Waals surface area contributed by atoms with E-state index in [0.717, 1.165) is 21.9 Å². The first-order chi connectivity index (χ1) is 11.1. The molecule has 0 amide bonds. The predicted octanol–water partition coefficient (Wildman–Crippen LogP) is 5.07. The van der Waals surface area contributed by atoms with E-state index in [9.17, 15) is 0 Å². The smallest absolute Gasteiger partial charge is 0.146 e. The molecule has 0 aliphatic carbocycles. The van der Waals surface area contributed by atoms with Gasteiger partial charge in [-0.05, 0) is 44.0 Å². The van der Waals surface area contributed by atoms with Gasteiger partial charge >= 0.3 is 0 Å². The van der Waals surface area contributed by atoms with Crippen molar-refractivity contribution >= 4 is 21.6 Å². The van der Waals surface area contributed by atoms with Gasteiger partial charge in [-0.25, -0.2) is 9.97 Å². The van der Waals surface area contributed by atoms with Crippen molar-refractivity contribution in [1.82, 2.24) is 14.5 Å². The van der Waals surface area contributed by atoms with Crippen LogP contribution in [-0.2, 0) is 0 Å². The molecule has 4 aromatic rings. The number of hydrogen-bond donors (Lipinski definition) is 0. The predicted molar refractivity (Wildman–Crippen MR) is 96.4 cm³/mol. The number of benzene rings is 2. The minimum absolute atomic E-state index is 0.943. The summed E-state index contributed by atoms with van der Waals surface area (Å²) in [6.07, 6.45) is 3.89. The molecule has 0 atom stereocenters. The number of nitrogens with zero attached hydrogens (tertiary/aromatic N) is 3. The van der Waals surface area contributed by atoms with Gasteiger partial charge < -0.3 is 0 Å². The van der Waals surface area contributed by atoms with E-state index in [1.165, 1.54) is 21.5 Å². The zero-order valence-corrected chi connectivity index (χ0v) is 14.2. The summed E-state index contributed by atoms with van der Waals surface area (Å²) in [5.41, 5.74) is 5.80. The first-order valence-corrected chi connectivity index (χ1v) is 8.43. The maximum atomic E-state index is 4.71. The number of thiazole rings is 1. The SMILES string of the molecule is Cc1nc2c(-c3nccn3-c3c(C)cccc3C)cccc2s1. The Morgan fingerprint density at radius 3 is 2.48 bits per heavy atom.